The lowest BCUT2D eigenvalue weighted by atomic mass is 10.1. The van der Waals surface area contributed by atoms with Crippen molar-refractivity contribution in [2.45, 2.75) is 62.5 Å². The third kappa shape index (κ3) is 8.59. The number of carbonyl (C=O) groups excluding carboxylic acids is 2. The van der Waals surface area contributed by atoms with Crippen LogP contribution in [0.5, 0.6) is 5.75 Å². The molecule has 12 heteroatoms. The van der Waals surface area contributed by atoms with Crippen molar-refractivity contribution in [3.63, 3.8) is 0 Å². The lowest BCUT2D eigenvalue weighted by Crippen LogP contribution is -2.52. The van der Waals surface area contributed by atoms with Crippen molar-refractivity contribution in [3.05, 3.63) is 82.3 Å². The van der Waals surface area contributed by atoms with E-state index in [0.29, 0.717) is 27.8 Å². The number of hydrogen-bond acceptors (Lipinski definition) is 6. The van der Waals surface area contributed by atoms with E-state index < -0.39 is 28.5 Å². The van der Waals surface area contributed by atoms with E-state index >= 15 is 0 Å². The summed E-state index contributed by atoms with van der Waals surface area (Å²) in [5.41, 5.74) is 0.637. The van der Waals surface area contributed by atoms with Crippen LogP contribution in [-0.4, -0.2) is 56.6 Å². The zero-order valence-corrected chi connectivity index (χ0v) is 28.0. The molecule has 0 aliphatic rings. The molecule has 3 rings (SSSR count). The van der Waals surface area contributed by atoms with Crippen molar-refractivity contribution >= 4 is 62.5 Å². The van der Waals surface area contributed by atoms with Crippen molar-refractivity contribution < 1.29 is 22.7 Å². The van der Waals surface area contributed by atoms with Gasteiger partial charge in [0.25, 0.3) is 10.0 Å². The van der Waals surface area contributed by atoms with E-state index in [0.717, 1.165) is 9.20 Å². The number of para-hydroxylation sites is 2. The molecule has 0 fully saturated rings. The van der Waals surface area contributed by atoms with E-state index in [2.05, 4.69) is 5.32 Å². The molecule has 0 aliphatic heterocycles. The minimum absolute atomic E-state index is 0.00709. The molecule has 0 spiro atoms. The van der Waals surface area contributed by atoms with Crippen LogP contribution in [0.25, 0.3) is 0 Å². The Labute approximate surface area is 268 Å². The fourth-order valence-electron chi connectivity index (χ4n) is 4.23. The second-order valence-corrected chi connectivity index (χ2v) is 13.4. The molecule has 0 heterocycles. The summed E-state index contributed by atoms with van der Waals surface area (Å²) in [4.78, 5) is 29.7. The van der Waals surface area contributed by atoms with E-state index in [1.54, 1.807) is 68.4 Å². The van der Waals surface area contributed by atoms with Crippen molar-refractivity contribution in [2.24, 2.45) is 0 Å². The summed E-state index contributed by atoms with van der Waals surface area (Å²) < 4.78 is 35.1. The minimum atomic E-state index is -4.26. The molecule has 0 bridgehead atoms. The van der Waals surface area contributed by atoms with Gasteiger partial charge >= 0.3 is 0 Å². The van der Waals surface area contributed by atoms with Gasteiger partial charge in [-0.05, 0) is 82.0 Å². The number of anilines is 1. The number of nitrogens with one attached hydrogen (secondary N) is 1. The summed E-state index contributed by atoms with van der Waals surface area (Å²) in [6.45, 7) is 6.74. The second kappa shape index (κ2) is 15.7. The van der Waals surface area contributed by atoms with Gasteiger partial charge in [-0.2, -0.15) is 0 Å². The maximum Gasteiger partial charge on any atom is 0.264 e. The van der Waals surface area contributed by atoms with Crippen molar-refractivity contribution in [3.8, 4) is 5.75 Å². The topological polar surface area (TPSA) is 96.0 Å². The third-order valence-corrected chi connectivity index (χ3v) is 10.1. The number of sulfonamides is 1. The van der Waals surface area contributed by atoms with Crippen LogP contribution >= 0.6 is 35.0 Å². The van der Waals surface area contributed by atoms with Crippen LogP contribution < -0.4 is 14.4 Å². The Kier molecular flexibility index (Phi) is 12.6. The van der Waals surface area contributed by atoms with Crippen LogP contribution in [0.1, 0.15) is 39.7 Å². The number of carbonyl (C=O) groups is 2. The van der Waals surface area contributed by atoms with Crippen LogP contribution in [0, 0.1) is 0 Å². The first kappa shape index (κ1) is 34.6. The lowest BCUT2D eigenvalue weighted by molar-refractivity contribution is -0.139. The van der Waals surface area contributed by atoms with Crippen molar-refractivity contribution in [2.75, 3.05) is 23.7 Å². The van der Waals surface area contributed by atoms with Gasteiger partial charge in [0, 0.05) is 33.1 Å². The Bertz CT molecular complexity index is 1500. The molecule has 232 valence electrons. The molecule has 0 radical (unpaired) electrons. The first-order valence-corrected chi connectivity index (χ1v) is 17.3. The molecule has 0 saturated carbocycles. The number of ether oxygens (including phenoxy) is 1. The van der Waals surface area contributed by atoms with Crippen LogP contribution in [0.3, 0.4) is 0 Å². The van der Waals surface area contributed by atoms with Crippen LogP contribution in [0.2, 0.25) is 10.0 Å². The van der Waals surface area contributed by atoms with Gasteiger partial charge in [0.2, 0.25) is 11.8 Å². The third-order valence-electron chi connectivity index (χ3n) is 6.92. The molecule has 3 aromatic rings. The Hall–Kier alpha value is -2.92. The highest BCUT2D eigenvalue weighted by Crippen LogP contribution is 2.34. The molecular formula is C31H37Cl2N3O5S2. The number of nitrogens with zero attached hydrogens (tertiary/aromatic N) is 2. The molecule has 43 heavy (non-hydrogen) atoms. The van der Waals surface area contributed by atoms with Gasteiger partial charge in [0.15, 0.2) is 0 Å². The average molecular weight is 667 g/mol. The van der Waals surface area contributed by atoms with Gasteiger partial charge in [0.1, 0.15) is 18.3 Å². The Morgan fingerprint density at radius 3 is 2.16 bits per heavy atom. The molecule has 1 N–H and O–H groups in total. The first-order chi connectivity index (χ1) is 20.4. The van der Waals surface area contributed by atoms with Gasteiger partial charge in [-0.3, -0.25) is 13.9 Å². The van der Waals surface area contributed by atoms with Crippen molar-refractivity contribution in [1.82, 2.24) is 10.2 Å². The van der Waals surface area contributed by atoms with Gasteiger partial charge in [-0.1, -0.05) is 48.3 Å². The molecule has 0 aromatic heterocycles. The highest BCUT2D eigenvalue weighted by Gasteiger charge is 2.34. The predicted octanol–water partition coefficient (Wildman–Crippen LogP) is 6.64. The molecule has 3 aromatic carbocycles. The number of halogens is 2. The summed E-state index contributed by atoms with van der Waals surface area (Å²) in [6.07, 6.45) is 2.59. The zero-order chi connectivity index (χ0) is 31.7. The fourth-order valence-corrected chi connectivity index (χ4v) is 6.58. The second-order valence-electron chi connectivity index (χ2n) is 9.80. The number of benzene rings is 3. The van der Waals surface area contributed by atoms with E-state index in [1.165, 1.54) is 28.8 Å². The quantitative estimate of drug-likeness (QED) is 0.194. The minimum Gasteiger partial charge on any atom is -0.492 e. The standard InChI is InChI=1S/C31H37Cl2N3O5S2/c1-6-21(3)34-31(38)22(4)35(19-25-26(32)11-10-12-27(25)33)30(37)20-36(28-13-8-9-14-29(28)41-7-2)43(39,40)24-17-15-23(42-5)16-18-24/h8-18,21-22H,6-7,19-20H2,1-5H3,(H,34,38). The molecule has 0 aliphatic carbocycles. The number of thioether (sulfide) groups is 1. The molecule has 2 amide bonds. The average Bonchev–Trinajstić information content (AvgIpc) is 2.99. The first-order valence-electron chi connectivity index (χ1n) is 13.9. The largest absolute Gasteiger partial charge is 0.492 e. The molecule has 2 unspecified atom stereocenters. The highest BCUT2D eigenvalue weighted by atomic mass is 35.5. The summed E-state index contributed by atoms with van der Waals surface area (Å²) >= 11 is 14.4. The Balaban J connectivity index is 2.12. The molecule has 0 saturated heterocycles. The summed E-state index contributed by atoms with van der Waals surface area (Å²) in [6, 6.07) is 16.9. The summed E-state index contributed by atoms with van der Waals surface area (Å²) in [5.74, 6) is -0.716. The van der Waals surface area contributed by atoms with E-state index in [-0.39, 0.29) is 35.7 Å². The smallest absolute Gasteiger partial charge is 0.264 e. The molecular weight excluding hydrogens is 629 g/mol. The molecule has 8 nitrogen and oxygen atoms in total. The van der Waals surface area contributed by atoms with Crippen LogP contribution in [-0.2, 0) is 26.2 Å². The van der Waals surface area contributed by atoms with Crippen LogP contribution in [0.4, 0.5) is 5.69 Å². The van der Waals surface area contributed by atoms with Crippen molar-refractivity contribution in [1.29, 1.82) is 0 Å². The van der Waals surface area contributed by atoms with Gasteiger partial charge < -0.3 is 15.0 Å². The maximum absolute atomic E-state index is 14.2. The van der Waals surface area contributed by atoms with Gasteiger partial charge in [0.05, 0.1) is 17.2 Å². The zero-order valence-electron chi connectivity index (χ0n) is 24.8. The summed E-state index contributed by atoms with van der Waals surface area (Å²) in [5, 5.41) is 3.54. The number of rotatable bonds is 14. The summed E-state index contributed by atoms with van der Waals surface area (Å²) in [7, 11) is -4.26. The Morgan fingerprint density at radius 2 is 1.58 bits per heavy atom. The van der Waals surface area contributed by atoms with E-state index in [1.807, 2.05) is 20.1 Å². The molecule has 2 atom stereocenters. The van der Waals surface area contributed by atoms with Crippen LogP contribution in [0.15, 0.2) is 76.5 Å². The van der Waals surface area contributed by atoms with E-state index in [9.17, 15) is 18.0 Å². The predicted molar refractivity (Wildman–Crippen MR) is 175 cm³/mol. The fraction of sp³-hybridized carbons (Fsp3) is 0.355. The highest BCUT2D eigenvalue weighted by molar-refractivity contribution is 7.98. The van der Waals surface area contributed by atoms with Gasteiger partial charge in [-0.15, -0.1) is 11.8 Å². The number of amides is 2. The number of hydrogen-bond donors (Lipinski definition) is 1. The maximum atomic E-state index is 14.2. The Morgan fingerprint density at radius 1 is 0.953 bits per heavy atom. The lowest BCUT2D eigenvalue weighted by Gasteiger charge is -2.33. The monoisotopic (exact) mass is 665 g/mol. The van der Waals surface area contributed by atoms with E-state index in [4.69, 9.17) is 27.9 Å². The SMILES string of the molecule is CCOc1ccccc1N(CC(=O)N(Cc1c(Cl)cccc1Cl)C(C)C(=O)NC(C)CC)S(=O)(=O)c1ccc(SC)cc1. The normalized spacial score (nSPS) is 12.7. The van der Waals surface area contributed by atoms with Gasteiger partial charge in [-0.25, -0.2) is 8.42 Å².